The van der Waals surface area contributed by atoms with Crippen LogP contribution in [-0.2, 0) is 9.53 Å². The van der Waals surface area contributed by atoms with E-state index in [1.165, 1.54) is 6.42 Å². The second-order valence-electron chi connectivity index (χ2n) is 3.51. The van der Waals surface area contributed by atoms with Gasteiger partial charge in [-0.1, -0.05) is 0 Å². The maximum Gasteiger partial charge on any atom is 0.233 e. The van der Waals surface area contributed by atoms with Crippen molar-refractivity contribution in [2.75, 3.05) is 19.7 Å². The lowest BCUT2D eigenvalue weighted by atomic mass is 10.2. The molecule has 1 saturated heterocycles. The van der Waals surface area contributed by atoms with E-state index >= 15 is 0 Å². The Morgan fingerprint density at radius 3 is 3.07 bits per heavy atom. The summed E-state index contributed by atoms with van der Waals surface area (Å²) in [5, 5.41) is 3.26. The molecule has 14 heavy (non-hydrogen) atoms. The van der Waals surface area contributed by atoms with Crippen LogP contribution in [0.4, 0.5) is 0 Å². The van der Waals surface area contributed by atoms with Crippen molar-refractivity contribution >= 4 is 5.91 Å². The number of ether oxygens (including phenoxy) is 1. The summed E-state index contributed by atoms with van der Waals surface area (Å²) in [5.41, 5.74) is 2.11. The average Bonchev–Trinajstić information content (AvgIpc) is 2.69. The summed E-state index contributed by atoms with van der Waals surface area (Å²) in [5.74, 6) is 4.84. The molecule has 0 aromatic heterocycles. The highest BCUT2D eigenvalue weighted by atomic mass is 16.5. The van der Waals surface area contributed by atoms with Gasteiger partial charge in [-0.25, -0.2) is 5.84 Å². The van der Waals surface area contributed by atoms with Gasteiger partial charge < -0.3 is 10.1 Å². The highest BCUT2D eigenvalue weighted by Gasteiger charge is 2.14. The van der Waals surface area contributed by atoms with Gasteiger partial charge in [-0.15, -0.1) is 0 Å². The van der Waals surface area contributed by atoms with Crippen LogP contribution in [0.2, 0.25) is 0 Å². The van der Waals surface area contributed by atoms with E-state index in [2.05, 4.69) is 10.7 Å². The lowest BCUT2D eigenvalue weighted by Crippen LogP contribution is -2.31. The molecule has 1 fully saturated rings. The number of hydrazine groups is 1. The topological polar surface area (TPSA) is 76.4 Å². The summed E-state index contributed by atoms with van der Waals surface area (Å²) >= 11 is 0. The Balaban J connectivity index is 1.86. The minimum atomic E-state index is -0.107. The largest absolute Gasteiger partial charge is 0.377 e. The first-order valence-corrected chi connectivity index (χ1v) is 5.14. The van der Waals surface area contributed by atoms with Gasteiger partial charge in [0.15, 0.2) is 0 Å². The molecular weight excluding hydrogens is 182 g/mol. The third-order valence-corrected chi connectivity index (χ3v) is 2.31. The molecule has 0 aromatic rings. The third kappa shape index (κ3) is 4.55. The van der Waals surface area contributed by atoms with Crippen molar-refractivity contribution in [3.8, 4) is 0 Å². The smallest absolute Gasteiger partial charge is 0.233 e. The van der Waals surface area contributed by atoms with Crippen molar-refractivity contribution in [1.82, 2.24) is 10.7 Å². The van der Waals surface area contributed by atoms with Gasteiger partial charge in [0, 0.05) is 19.6 Å². The lowest BCUT2D eigenvalue weighted by molar-refractivity contribution is -0.121. The summed E-state index contributed by atoms with van der Waals surface area (Å²) in [4.78, 5) is 10.7. The van der Waals surface area contributed by atoms with Gasteiger partial charge in [0.2, 0.25) is 5.91 Å². The molecule has 1 aliphatic rings. The van der Waals surface area contributed by atoms with E-state index in [9.17, 15) is 4.79 Å². The maximum absolute atomic E-state index is 10.7. The monoisotopic (exact) mass is 201 g/mol. The zero-order chi connectivity index (χ0) is 10.2. The number of nitrogens with two attached hydrogens (primary N) is 1. The van der Waals surface area contributed by atoms with Crippen LogP contribution < -0.4 is 16.6 Å². The Hall–Kier alpha value is -0.650. The normalized spacial score (nSPS) is 21.1. The Kier molecular flexibility index (Phi) is 5.51. The van der Waals surface area contributed by atoms with Crippen LogP contribution in [0.3, 0.4) is 0 Å². The molecule has 0 unspecified atom stereocenters. The maximum atomic E-state index is 10.7. The highest BCUT2D eigenvalue weighted by molar-refractivity contribution is 5.75. The number of nitrogens with one attached hydrogen (secondary N) is 2. The fraction of sp³-hybridized carbons (Fsp3) is 0.889. The first-order valence-electron chi connectivity index (χ1n) is 5.14. The van der Waals surface area contributed by atoms with Gasteiger partial charge in [0.1, 0.15) is 0 Å². The number of carbonyl (C=O) groups excluding carboxylic acids is 1. The number of amides is 1. The van der Waals surface area contributed by atoms with E-state index in [1.807, 2.05) is 0 Å². The van der Waals surface area contributed by atoms with Crippen molar-refractivity contribution in [1.29, 1.82) is 0 Å². The van der Waals surface area contributed by atoms with Gasteiger partial charge in [0.05, 0.1) is 6.10 Å². The molecule has 82 valence electrons. The third-order valence-electron chi connectivity index (χ3n) is 2.31. The Labute approximate surface area is 84.3 Å². The Bertz CT molecular complexity index is 169. The molecule has 0 spiro atoms. The molecule has 1 aliphatic heterocycles. The molecule has 5 nitrogen and oxygen atoms in total. The molecule has 1 amide bonds. The van der Waals surface area contributed by atoms with Gasteiger partial charge in [-0.3, -0.25) is 10.2 Å². The Morgan fingerprint density at radius 1 is 1.57 bits per heavy atom. The SMILES string of the molecule is NNC(=O)CCCNC[C@@H]1CCCO1. The number of rotatable bonds is 6. The molecule has 4 N–H and O–H groups in total. The van der Waals surface area contributed by atoms with E-state index < -0.39 is 0 Å². The predicted octanol–water partition coefficient (Wildman–Crippen LogP) is -0.475. The lowest BCUT2D eigenvalue weighted by Gasteiger charge is -2.09. The van der Waals surface area contributed by atoms with Crippen LogP contribution in [-0.4, -0.2) is 31.7 Å². The van der Waals surface area contributed by atoms with Crippen LogP contribution in [0.1, 0.15) is 25.7 Å². The van der Waals surface area contributed by atoms with Gasteiger partial charge in [0.25, 0.3) is 0 Å². The van der Waals surface area contributed by atoms with Gasteiger partial charge in [-0.05, 0) is 25.8 Å². The summed E-state index contributed by atoms with van der Waals surface area (Å²) in [6.45, 7) is 2.62. The number of hydrogen-bond donors (Lipinski definition) is 3. The minimum Gasteiger partial charge on any atom is -0.377 e. The second-order valence-corrected chi connectivity index (χ2v) is 3.51. The summed E-state index contributed by atoms with van der Waals surface area (Å²) in [6.07, 6.45) is 3.99. The molecule has 0 aliphatic carbocycles. The van der Waals surface area contributed by atoms with Crippen LogP contribution in [0.15, 0.2) is 0 Å². The standard InChI is InChI=1S/C9H19N3O2/c10-12-9(13)4-1-5-11-7-8-3-2-6-14-8/h8,11H,1-7,10H2,(H,12,13)/t8-/m0/s1. The summed E-state index contributed by atoms with van der Waals surface area (Å²) < 4.78 is 5.44. The zero-order valence-electron chi connectivity index (χ0n) is 8.42. The number of carbonyl (C=O) groups is 1. The van der Waals surface area contributed by atoms with Crippen molar-refractivity contribution in [3.05, 3.63) is 0 Å². The van der Waals surface area contributed by atoms with E-state index in [4.69, 9.17) is 10.6 Å². The first-order chi connectivity index (χ1) is 6.83. The van der Waals surface area contributed by atoms with E-state index in [0.29, 0.717) is 12.5 Å². The zero-order valence-corrected chi connectivity index (χ0v) is 8.42. The molecule has 5 heteroatoms. The van der Waals surface area contributed by atoms with Gasteiger partial charge >= 0.3 is 0 Å². The van der Waals surface area contributed by atoms with Crippen molar-refractivity contribution in [2.45, 2.75) is 31.8 Å². The fourth-order valence-electron chi connectivity index (χ4n) is 1.51. The van der Waals surface area contributed by atoms with Crippen molar-refractivity contribution in [2.24, 2.45) is 5.84 Å². The number of hydrogen-bond acceptors (Lipinski definition) is 4. The first kappa shape index (κ1) is 11.4. The highest BCUT2D eigenvalue weighted by Crippen LogP contribution is 2.10. The fourth-order valence-corrected chi connectivity index (χ4v) is 1.51. The van der Waals surface area contributed by atoms with E-state index in [1.54, 1.807) is 0 Å². The van der Waals surface area contributed by atoms with Crippen molar-refractivity contribution in [3.63, 3.8) is 0 Å². The molecular formula is C9H19N3O2. The molecule has 1 heterocycles. The molecule has 0 bridgehead atoms. The predicted molar refractivity (Wildman–Crippen MR) is 53.4 cm³/mol. The molecule has 1 rings (SSSR count). The van der Waals surface area contributed by atoms with Crippen LogP contribution in [0, 0.1) is 0 Å². The summed E-state index contributed by atoms with van der Waals surface area (Å²) in [7, 11) is 0. The molecule has 0 saturated carbocycles. The quantitative estimate of drug-likeness (QED) is 0.235. The Morgan fingerprint density at radius 2 is 2.43 bits per heavy atom. The minimum absolute atomic E-state index is 0.107. The summed E-state index contributed by atoms with van der Waals surface area (Å²) in [6, 6.07) is 0. The second kappa shape index (κ2) is 6.75. The average molecular weight is 201 g/mol. The van der Waals surface area contributed by atoms with Crippen LogP contribution in [0.25, 0.3) is 0 Å². The van der Waals surface area contributed by atoms with Gasteiger partial charge in [-0.2, -0.15) is 0 Å². The van der Waals surface area contributed by atoms with Crippen LogP contribution >= 0.6 is 0 Å². The van der Waals surface area contributed by atoms with Crippen LogP contribution in [0.5, 0.6) is 0 Å². The molecule has 0 aromatic carbocycles. The molecule has 0 radical (unpaired) electrons. The van der Waals surface area contributed by atoms with Crippen molar-refractivity contribution < 1.29 is 9.53 Å². The van der Waals surface area contributed by atoms with E-state index in [-0.39, 0.29) is 5.91 Å². The van der Waals surface area contributed by atoms with E-state index in [0.717, 1.165) is 32.5 Å². The molecule has 1 atom stereocenters.